The summed E-state index contributed by atoms with van der Waals surface area (Å²) in [6.45, 7) is 1.05. The second kappa shape index (κ2) is 10.3. The number of hydrogen-bond donors (Lipinski definition) is 2. The molecule has 0 heterocycles. The summed E-state index contributed by atoms with van der Waals surface area (Å²) in [4.78, 5) is 25.7. The van der Waals surface area contributed by atoms with Crippen molar-refractivity contribution in [1.82, 2.24) is 15.5 Å². The van der Waals surface area contributed by atoms with Crippen molar-refractivity contribution in [3.8, 4) is 0 Å². The number of carbonyl (C=O) groups excluding carboxylic acids is 2. The first-order valence-corrected chi connectivity index (χ1v) is 9.45. The minimum Gasteiger partial charge on any atom is -0.341 e. The Morgan fingerprint density at radius 2 is 2.00 bits per heavy atom. The maximum atomic E-state index is 12.2. The van der Waals surface area contributed by atoms with Crippen molar-refractivity contribution in [3.05, 3.63) is 34.9 Å². The van der Waals surface area contributed by atoms with Crippen LogP contribution in [0.3, 0.4) is 0 Å². The van der Waals surface area contributed by atoms with Crippen LogP contribution in [0, 0.1) is 0 Å². The molecule has 1 saturated carbocycles. The molecular formula is C19H28ClN3O2. The molecule has 25 heavy (non-hydrogen) atoms. The Labute approximate surface area is 155 Å². The van der Waals surface area contributed by atoms with Crippen LogP contribution in [0.2, 0.25) is 5.02 Å². The summed E-state index contributed by atoms with van der Waals surface area (Å²) in [5, 5.41) is 6.53. The van der Waals surface area contributed by atoms with Crippen LogP contribution in [0.1, 0.15) is 50.5 Å². The molecular weight excluding hydrogens is 338 g/mol. The van der Waals surface area contributed by atoms with E-state index in [0.717, 1.165) is 18.4 Å². The Balaban J connectivity index is 1.60. The molecule has 0 spiro atoms. The van der Waals surface area contributed by atoms with Gasteiger partial charge in [-0.1, -0.05) is 43.0 Å². The van der Waals surface area contributed by atoms with Crippen LogP contribution in [0.25, 0.3) is 0 Å². The lowest BCUT2D eigenvalue weighted by Gasteiger charge is -2.23. The standard InChI is InChI=1S/C19H28ClN3O2/c1-23(14-15-7-5-8-16(20)13-15)18(24)11-6-12-21-19(25)22-17-9-3-2-4-10-17/h5,7-8,13,17H,2-4,6,9-12,14H2,1H3,(H2,21,22,25). The highest BCUT2D eigenvalue weighted by Crippen LogP contribution is 2.17. The first-order chi connectivity index (χ1) is 12.0. The van der Waals surface area contributed by atoms with Crippen LogP contribution >= 0.6 is 11.6 Å². The van der Waals surface area contributed by atoms with Gasteiger partial charge < -0.3 is 15.5 Å². The van der Waals surface area contributed by atoms with Gasteiger partial charge in [-0.25, -0.2) is 4.79 Å². The predicted octanol–water partition coefficient (Wildman–Crippen LogP) is 3.71. The van der Waals surface area contributed by atoms with Crippen LogP contribution < -0.4 is 10.6 Å². The molecule has 0 radical (unpaired) electrons. The molecule has 0 unspecified atom stereocenters. The molecule has 0 saturated heterocycles. The van der Waals surface area contributed by atoms with Gasteiger partial charge in [0.25, 0.3) is 0 Å². The number of amides is 3. The van der Waals surface area contributed by atoms with Crippen molar-refractivity contribution in [3.63, 3.8) is 0 Å². The first kappa shape index (κ1) is 19.6. The molecule has 1 aliphatic carbocycles. The molecule has 0 bridgehead atoms. The molecule has 2 rings (SSSR count). The Hall–Kier alpha value is -1.75. The summed E-state index contributed by atoms with van der Waals surface area (Å²) < 4.78 is 0. The summed E-state index contributed by atoms with van der Waals surface area (Å²) in [5.41, 5.74) is 1.01. The van der Waals surface area contributed by atoms with Gasteiger partial charge in [-0.2, -0.15) is 0 Å². The fraction of sp³-hybridized carbons (Fsp3) is 0.579. The maximum Gasteiger partial charge on any atom is 0.315 e. The van der Waals surface area contributed by atoms with E-state index in [1.165, 1.54) is 19.3 Å². The van der Waals surface area contributed by atoms with Crippen molar-refractivity contribution < 1.29 is 9.59 Å². The maximum absolute atomic E-state index is 12.2. The van der Waals surface area contributed by atoms with Gasteiger partial charge in [-0.3, -0.25) is 4.79 Å². The van der Waals surface area contributed by atoms with E-state index in [2.05, 4.69) is 10.6 Å². The molecule has 2 N–H and O–H groups in total. The summed E-state index contributed by atoms with van der Waals surface area (Å²) in [7, 11) is 1.78. The summed E-state index contributed by atoms with van der Waals surface area (Å²) in [6, 6.07) is 7.70. The van der Waals surface area contributed by atoms with Crippen LogP contribution in [-0.2, 0) is 11.3 Å². The zero-order valence-electron chi connectivity index (χ0n) is 14.9. The topological polar surface area (TPSA) is 61.4 Å². The second-order valence-electron chi connectivity index (χ2n) is 6.72. The molecule has 6 heteroatoms. The third kappa shape index (κ3) is 7.34. The number of benzene rings is 1. The number of rotatable bonds is 7. The molecule has 1 aromatic carbocycles. The highest BCUT2D eigenvalue weighted by molar-refractivity contribution is 6.30. The van der Waals surface area contributed by atoms with Crippen molar-refractivity contribution in [2.45, 2.75) is 57.5 Å². The Kier molecular flexibility index (Phi) is 8.06. The highest BCUT2D eigenvalue weighted by Gasteiger charge is 2.15. The SMILES string of the molecule is CN(Cc1cccc(Cl)c1)C(=O)CCCNC(=O)NC1CCCCC1. The number of hydrogen-bond acceptors (Lipinski definition) is 2. The van der Waals surface area contributed by atoms with Crippen LogP contribution in [-0.4, -0.2) is 36.5 Å². The predicted molar refractivity (Wildman–Crippen MR) is 101 cm³/mol. The van der Waals surface area contributed by atoms with E-state index in [9.17, 15) is 9.59 Å². The number of halogens is 1. The molecule has 3 amide bonds. The summed E-state index contributed by atoms with van der Waals surface area (Å²) >= 11 is 5.96. The second-order valence-corrected chi connectivity index (χ2v) is 7.15. The van der Waals surface area contributed by atoms with Gasteiger partial charge in [-0.15, -0.1) is 0 Å². The number of urea groups is 1. The van der Waals surface area contributed by atoms with Gasteiger partial charge in [0.1, 0.15) is 0 Å². The van der Waals surface area contributed by atoms with Crippen molar-refractivity contribution in [1.29, 1.82) is 0 Å². The third-order valence-electron chi connectivity index (χ3n) is 4.53. The fourth-order valence-corrected chi connectivity index (χ4v) is 3.33. The molecule has 0 aliphatic heterocycles. The van der Waals surface area contributed by atoms with Gasteiger partial charge in [0.05, 0.1) is 0 Å². The number of nitrogens with zero attached hydrogens (tertiary/aromatic N) is 1. The first-order valence-electron chi connectivity index (χ1n) is 9.07. The van der Waals surface area contributed by atoms with E-state index in [1.54, 1.807) is 11.9 Å². The van der Waals surface area contributed by atoms with E-state index in [4.69, 9.17) is 11.6 Å². The number of carbonyl (C=O) groups is 2. The Bertz CT molecular complexity index is 574. The van der Waals surface area contributed by atoms with E-state index in [-0.39, 0.29) is 11.9 Å². The molecule has 1 aliphatic rings. The molecule has 1 aromatic rings. The average Bonchev–Trinajstić information content (AvgIpc) is 2.59. The lowest BCUT2D eigenvalue weighted by Crippen LogP contribution is -2.43. The summed E-state index contributed by atoms with van der Waals surface area (Å²) in [6.07, 6.45) is 6.85. The smallest absolute Gasteiger partial charge is 0.315 e. The van der Waals surface area contributed by atoms with Crippen molar-refractivity contribution in [2.24, 2.45) is 0 Å². The lowest BCUT2D eigenvalue weighted by atomic mass is 9.96. The minimum absolute atomic E-state index is 0.0643. The quantitative estimate of drug-likeness (QED) is 0.723. The van der Waals surface area contributed by atoms with Gasteiger partial charge in [0.15, 0.2) is 0 Å². The number of nitrogens with one attached hydrogen (secondary N) is 2. The molecule has 5 nitrogen and oxygen atoms in total. The highest BCUT2D eigenvalue weighted by atomic mass is 35.5. The molecule has 1 fully saturated rings. The average molecular weight is 366 g/mol. The largest absolute Gasteiger partial charge is 0.341 e. The monoisotopic (exact) mass is 365 g/mol. The van der Waals surface area contributed by atoms with E-state index in [1.807, 2.05) is 24.3 Å². The Morgan fingerprint density at radius 1 is 1.24 bits per heavy atom. The molecule has 0 atom stereocenters. The van der Waals surface area contributed by atoms with Gasteiger partial charge in [0, 0.05) is 37.6 Å². The van der Waals surface area contributed by atoms with Crippen LogP contribution in [0.15, 0.2) is 24.3 Å². The van der Waals surface area contributed by atoms with Crippen molar-refractivity contribution in [2.75, 3.05) is 13.6 Å². The van der Waals surface area contributed by atoms with Gasteiger partial charge in [0.2, 0.25) is 5.91 Å². The zero-order chi connectivity index (χ0) is 18.1. The third-order valence-corrected chi connectivity index (χ3v) is 4.76. The van der Waals surface area contributed by atoms with E-state index >= 15 is 0 Å². The van der Waals surface area contributed by atoms with E-state index in [0.29, 0.717) is 37.0 Å². The normalized spacial score (nSPS) is 14.8. The van der Waals surface area contributed by atoms with Gasteiger partial charge in [-0.05, 0) is 37.0 Å². The van der Waals surface area contributed by atoms with Gasteiger partial charge >= 0.3 is 6.03 Å². The van der Waals surface area contributed by atoms with Crippen LogP contribution in [0.4, 0.5) is 4.79 Å². The fourth-order valence-electron chi connectivity index (χ4n) is 3.11. The molecule has 138 valence electrons. The van der Waals surface area contributed by atoms with Crippen molar-refractivity contribution >= 4 is 23.5 Å². The van der Waals surface area contributed by atoms with E-state index < -0.39 is 0 Å². The molecule has 0 aromatic heterocycles. The minimum atomic E-state index is -0.119. The Morgan fingerprint density at radius 3 is 2.72 bits per heavy atom. The zero-order valence-corrected chi connectivity index (χ0v) is 15.6. The summed E-state index contributed by atoms with van der Waals surface area (Å²) in [5.74, 6) is 0.0643. The lowest BCUT2D eigenvalue weighted by molar-refractivity contribution is -0.130. The van der Waals surface area contributed by atoms with Crippen LogP contribution in [0.5, 0.6) is 0 Å².